The monoisotopic (exact) mass is 572 g/mol. The van der Waals surface area contributed by atoms with Gasteiger partial charge in [0.15, 0.2) is 0 Å². The molecule has 2 aromatic heterocycles. The van der Waals surface area contributed by atoms with Crippen LogP contribution in [-0.4, -0.2) is 10.1 Å². The molecule has 0 amide bonds. The SMILES string of the molecule is CC(C)(C)N(c1cc(-c2ccccc2)cc2c1sc1ccccc12)c1cccc2c1c1ccccc1n2-c1ccccc1. The van der Waals surface area contributed by atoms with Crippen molar-refractivity contribution in [3.8, 4) is 16.8 Å². The van der Waals surface area contributed by atoms with Gasteiger partial charge >= 0.3 is 0 Å². The molecule has 0 saturated carbocycles. The van der Waals surface area contributed by atoms with Crippen LogP contribution in [0.2, 0.25) is 0 Å². The van der Waals surface area contributed by atoms with Crippen molar-refractivity contribution in [2.75, 3.05) is 4.90 Å². The van der Waals surface area contributed by atoms with E-state index in [1.165, 1.54) is 70.2 Å². The summed E-state index contributed by atoms with van der Waals surface area (Å²) in [7, 11) is 0. The number of para-hydroxylation sites is 2. The molecular formula is C40H32N2S. The molecular weight excluding hydrogens is 541 g/mol. The van der Waals surface area contributed by atoms with Crippen molar-refractivity contribution < 1.29 is 0 Å². The molecule has 0 aliphatic heterocycles. The van der Waals surface area contributed by atoms with Crippen molar-refractivity contribution in [2.24, 2.45) is 0 Å². The fraction of sp³-hybridized carbons (Fsp3) is 0.100. The molecule has 0 atom stereocenters. The topological polar surface area (TPSA) is 8.17 Å². The van der Waals surface area contributed by atoms with Crippen molar-refractivity contribution in [1.82, 2.24) is 4.57 Å². The second-order valence-corrected chi connectivity index (χ2v) is 13.3. The van der Waals surface area contributed by atoms with Crippen molar-refractivity contribution in [1.29, 1.82) is 0 Å². The van der Waals surface area contributed by atoms with Gasteiger partial charge in [-0.15, -0.1) is 11.3 Å². The molecule has 0 radical (unpaired) electrons. The molecule has 208 valence electrons. The first-order valence-electron chi connectivity index (χ1n) is 14.9. The van der Waals surface area contributed by atoms with Gasteiger partial charge in [0.25, 0.3) is 0 Å². The molecule has 8 rings (SSSR count). The summed E-state index contributed by atoms with van der Waals surface area (Å²) in [6.45, 7) is 6.99. The van der Waals surface area contributed by atoms with Gasteiger partial charge in [-0.25, -0.2) is 0 Å². The molecule has 0 aliphatic rings. The van der Waals surface area contributed by atoms with Gasteiger partial charge in [0, 0.05) is 37.5 Å². The summed E-state index contributed by atoms with van der Waals surface area (Å²) < 4.78 is 5.04. The van der Waals surface area contributed by atoms with Crippen LogP contribution in [-0.2, 0) is 0 Å². The molecule has 0 N–H and O–H groups in total. The van der Waals surface area contributed by atoms with Crippen molar-refractivity contribution >= 4 is 64.7 Å². The average molecular weight is 573 g/mol. The minimum Gasteiger partial charge on any atom is -0.334 e. The largest absolute Gasteiger partial charge is 0.334 e. The first kappa shape index (κ1) is 25.8. The van der Waals surface area contributed by atoms with E-state index >= 15 is 0 Å². The van der Waals surface area contributed by atoms with Crippen LogP contribution in [0.25, 0.3) is 58.8 Å². The van der Waals surface area contributed by atoms with Crippen LogP contribution in [0, 0.1) is 0 Å². The van der Waals surface area contributed by atoms with Crippen LogP contribution in [0.4, 0.5) is 11.4 Å². The minimum absolute atomic E-state index is 0.206. The van der Waals surface area contributed by atoms with E-state index in [0.717, 1.165) is 0 Å². The Morgan fingerprint density at radius 2 is 1.19 bits per heavy atom. The van der Waals surface area contributed by atoms with Crippen LogP contribution in [0.1, 0.15) is 20.8 Å². The second-order valence-electron chi connectivity index (χ2n) is 12.2. The quantitative estimate of drug-likeness (QED) is 0.204. The summed E-state index contributed by atoms with van der Waals surface area (Å²) >= 11 is 1.90. The number of nitrogens with zero attached hydrogens (tertiary/aromatic N) is 2. The lowest BCUT2D eigenvalue weighted by atomic mass is 9.97. The molecule has 0 bridgehead atoms. The highest BCUT2D eigenvalue weighted by atomic mass is 32.1. The van der Waals surface area contributed by atoms with E-state index in [1.807, 2.05) is 11.3 Å². The Labute approximate surface area is 256 Å². The lowest BCUT2D eigenvalue weighted by molar-refractivity contribution is 0.563. The lowest BCUT2D eigenvalue weighted by Gasteiger charge is -2.39. The van der Waals surface area contributed by atoms with Gasteiger partial charge < -0.3 is 9.47 Å². The number of fused-ring (bicyclic) bond motifs is 6. The van der Waals surface area contributed by atoms with Crippen LogP contribution in [0.3, 0.4) is 0 Å². The first-order chi connectivity index (χ1) is 21.0. The highest BCUT2D eigenvalue weighted by Gasteiger charge is 2.30. The average Bonchev–Trinajstić information content (AvgIpc) is 3.58. The Morgan fingerprint density at radius 1 is 0.535 bits per heavy atom. The molecule has 0 fully saturated rings. The summed E-state index contributed by atoms with van der Waals surface area (Å²) in [6, 6.07) is 50.7. The zero-order chi connectivity index (χ0) is 29.1. The molecule has 0 spiro atoms. The Bertz CT molecular complexity index is 2270. The van der Waals surface area contributed by atoms with Gasteiger partial charge in [-0.3, -0.25) is 0 Å². The summed E-state index contributed by atoms with van der Waals surface area (Å²) in [5.74, 6) is 0. The number of rotatable bonds is 4. The van der Waals surface area contributed by atoms with Crippen LogP contribution in [0.5, 0.6) is 0 Å². The van der Waals surface area contributed by atoms with E-state index < -0.39 is 0 Å². The molecule has 2 heterocycles. The highest BCUT2D eigenvalue weighted by Crippen LogP contribution is 2.49. The number of benzene rings is 6. The number of thiophene rings is 1. The summed E-state index contributed by atoms with van der Waals surface area (Å²) in [5, 5.41) is 5.16. The van der Waals surface area contributed by atoms with E-state index in [9.17, 15) is 0 Å². The maximum Gasteiger partial charge on any atom is 0.0603 e. The predicted octanol–water partition coefficient (Wildman–Crippen LogP) is 11.8. The summed E-state index contributed by atoms with van der Waals surface area (Å²) in [5.41, 5.74) is 8.33. The van der Waals surface area contributed by atoms with Gasteiger partial charge in [-0.1, -0.05) is 91.0 Å². The van der Waals surface area contributed by atoms with Gasteiger partial charge in [-0.05, 0) is 80.4 Å². The molecule has 6 aromatic carbocycles. The van der Waals surface area contributed by atoms with Gasteiger partial charge in [0.2, 0.25) is 0 Å². The second kappa shape index (κ2) is 9.86. The van der Waals surface area contributed by atoms with Gasteiger partial charge in [0.05, 0.1) is 27.1 Å². The van der Waals surface area contributed by atoms with Crippen LogP contribution in [0.15, 0.2) is 140 Å². The van der Waals surface area contributed by atoms with E-state index in [-0.39, 0.29) is 5.54 Å². The predicted molar refractivity (Wildman–Crippen MR) is 187 cm³/mol. The minimum atomic E-state index is -0.206. The molecule has 0 unspecified atom stereocenters. The molecule has 0 aliphatic carbocycles. The maximum absolute atomic E-state index is 2.58. The van der Waals surface area contributed by atoms with Crippen LogP contribution >= 0.6 is 11.3 Å². The molecule has 3 heteroatoms. The van der Waals surface area contributed by atoms with Crippen molar-refractivity contribution in [3.63, 3.8) is 0 Å². The highest BCUT2D eigenvalue weighted by molar-refractivity contribution is 7.26. The molecule has 0 saturated heterocycles. The van der Waals surface area contributed by atoms with E-state index in [0.29, 0.717) is 0 Å². The molecule has 8 aromatic rings. The Morgan fingerprint density at radius 3 is 1.95 bits per heavy atom. The Kier molecular flexibility index (Phi) is 5.92. The smallest absolute Gasteiger partial charge is 0.0603 e. The zero-order valence-corrected chi connectivity index (χ0v) is 25.4. The number of anilines is 2. The lowest BCUT2D eigenvalue weighted by Crippen LogP contribution is -2.37. The van der Waals surface area contributed by atoms with Crippen molar-refractivity contribution in [2.45, 2.75) is 26.3 Å². The summed E-state index contributed by atoms with van der Waals surface area (Å²) in [6.07, 6.45) is 0. The number of aromatic nitrogens is 1. The first-order valence-corrected chi connectivity index (χ1v) is 15.7. The van der Waals surface area contributed by atoms with E-state index in [1.54, 1.807) is 0 Å². The summed E-state index contributed by atoms with van der Waals surface area (Å²) in [4.78, 5) is 2.58. The van der Waals surface area contributed by atoms with Gasteiger partial charge in [-0.2, -0.15) is 0 Å². The Balaban J connectivity index is 1.49. The van der Waals surface area contributed by atoms with E-state index in [4.69, 9.17) is 0 Å². The zero-order valence-electron chi connectivity index (χ0n) is 24.6. The maximum atomic E-state index is 2.58. The normalized spacial score (nSPS) is 12.1. The number of hydrogen-bond acceptors (Lipinski definition) is 2. The number of hydrogen-bond donors (Lipinski definition) is 0. The standard InChI is InChI=1S/C40H32N2S/c1-40(2,3)42(35-23-14-22-34-38(35)31-20-10-12-21-33(31)41(34)29-17-8-5-9-18-29)36-26-28(27-15-6-4-7-16-27)25-32-30-19-11-13-24-37(30)43-39(32)36/h4-26H,1-3H3. The third-order valence-corrected chi connectivity index (χ3v) is 9.62. The van der Waals surface area contributed by atoms with Gasteiger partial charge in [0.1, 0.15) is 0 Å². The van der Waals surface area contributed by atoms with Crippen molar-refractivity contribution in [3.05, 3.63) is 140 Å². The Hall–Kier alpha value is -4.86. The molecule has 43 heavy (non-hydrogen) atoms. The third kappa shape index (κ3) is 4.15. The van der Waals surface area contributed by atoms with E-state index in [2.05, 4.69) is 170 Å². The fourth-order valence-electron chi connectivity index (χ4n) is 6.67. The molecule has 2 nitrogen and oxygen atoms in total. The van der Waals surface area contributed by atoms with Crippen LogP contribution < -0.4 is 4.90 Å². The fourth-order valence-corrected chi connectivity index (χ4v) is 7.85. The third-order valence-electron chi connectivity index (χ3n) is 8.41.